The number of nitrogens with one attached hydrogen (secondary N) is 1. The van der Waals surface area contributed by atoms with Gasteiger partial charge in [-0.3, -0.25) is 14.9 Å². The van der Waals surface area contributed by atoms with Crippen LogP contribution in [0.3, 0.4) is 0 Å². The average Bonchev–Trinajstić information content (AvgIpc) is 2.78. The molecule has 31 heavy (non-hydrogen) atoms. The minimum atomic E-state index is -1.04. The molecule has 2 aliphatic rings. The standard InChI is InChI=1S/C24H27N3O4/c1-3-30-19-11-7-10-17(14-19)21-20(23(29)31-4-2)22(28)26-24(25-21)27-13-12-16-8-5-6-9-18(16)15-27/h5-11,14,20-21H,3-4,12-13,15H2,1-2H3,(H,25,26,28). The van der Waals surface area contributed by atoms with Gasteiger partial charge in [0.25, 0.3) is 0 Å². The van der Waals surface area contributed by atoms with Crippen molar-refractivity contribution in [2.75, 3.05) is 19.8 Å². The Kier molecular flexibility index (Phi) is 6.21. The van der Waals surface area contributed by atoms with Crippen LogP contribution < -0.4 is 10.1 Å². The van der Waals surface area contributed by atoms with Gasteiger partial charge in [0.05, 0.1) is 13.2 Å². The number of ether oxygens (including phenoxy) is 2. The van der Waals surface area contributed by atoms with Crippen molar-refractivity contribution < 1.29 is 19.1 Å². The number of fused-ring (bicyclic) bond motifs is 1. The van der Waals surface area contributed by atoms with Crippen LogP contribution in [0, 0.1) is 5.92 Å². The number of amides is 1. The minimum Gasteiger partial charge on any atom is -0.494 e. The van der Waals surface area contributed by atoms with Gasteiger partial charge in [0.2, 0.25) is 11.9 Å². The second kappa shape index (κ2) is 9.20. The summed E-state index contributed by atoms with van der Waals surface area (Å²) < 4.78 is 10.8. The molecule has 4 rings (SSSR count). The van der Waals surface area contributed by atoms with Crippen LogP contribution >= 0.6 is 0 Å². The van der Waals surface area contributed by atoms with E-state index in [1.165, 1.54) is 11.1 Å². The zero-order valence-corrected chi connectivity index (χ0v) is 17.8. The summed E-state index contributed by atoms with van der Waals surface area (Å²) in [5.74, 6) is -0.838. The van der Waals surface area contributed by atoms with Crippen LogP contribution in [0.4, 0.5) is 0 Å². The Hall–Kier alpha value is -3.35. The summed E-state index contributed by atoms with van der Waals surface area (Å²) in [6.45, 7) is 5.76. The highest BCUT2D eigenvalue weighted by molar-refractivity contribution is 6.08. The van der Waals surface area contributed by atoms with E-state index in [1.807, 2.05) is 43.3 Å². The molecule has 0 saturated heterocycles. The van der Waals surface area contributed by atoms with Gasteiger partial charge >= 0.3 is 5.97 Å². The summed E-state index contributed by atoms with van der Waals surface area (Å²) in [4.78, 5) is 32.6. The molecule has 1 N–H and O–H groups in total. The number of carbonyl (C=O) groups is 2. The number of benzene rings is 2. The largest absolute Gasteiger partial charge is 0.494 e. The quantitative estimate of drug-likeness (QED) is 0.593. The summed E-state index contributed by atoms with van der Waals surface area (Å²) >= 11 is 0. The molecule has 0 spiro atoms. The fraction of sp³-hybridized carbons (Fsp3) is 0.375. The topological polar surface area (TPSA) is 80.2 Å². The molecule has 2 aliphatic heterocycles. The van der Waals surface area contributed by atoms with Gasteiger partial charge in [-0.15, -0.1) is 0 Å². The van der Waals surface area contributed by atoms with E-state index in [9.17, 15) is 9.59 Å². The zero-order valence-electron chi connectivity index (χ0n) is 17.8. The third-order valence-corrected chi connectivity index (χ3v) is 5.58. The van der Waals surface area contributed by atoms with Crippen molar-refractivity contribution in [3.63, 3.8) is 0 Å². The van der Waals surface area contributed by atoms with Crippen molar-refractivity contribution in [3.05, 3.63) is 65.2 Å². The number of esters is 1. The van der Waals surface area contributed by atoms with Crippen LogP contribution in [-0.4, -0.2) is 42.5 Å². The Morgan fingerprint density at radius 2 is 1.94 bits per heavy atom. The van der Waals surface area contributed by atoms with Crippen LogP contribution in [0.15, 0.2) is 53.5 Å². The van der Waals surface area contributed by atoms with Crippen molar-refractivity contribution >= 4 is 17.8 Å². The van der Waals surface area contributed by atoms with Crippen LogP contribution in [-0.2, 0) is 27.3 Å². The molecule has 1 amide bonds. The fourth-order valence-corrected chi connectivity index (χ4v) is 4.10. The molecule has 0 aromatic heterocycles. The number of hydrogen-bond acceptors (Lipinski definition) is 6. The highest BCUT2D eigenvalue weighted by Crippen LogP contribution is 2.33. The first-order chi connectivity index (χ1) is 15.1. The van der Waals surface area contributed by atoms with E-state index >= 15 is 0 Å². The van der Waals surface area contributed by atoms with Crippen LogP contribution in [0.5, 0.6) is 5.75 Å². The molecular formula is C24H27N3O4. The van der Waals surface area contributed by atoms with Crippen molar-refractivity contribution in [2.45, 2.75) is 32.9 Å². The van der Waals surface area contributed by atoms with Gasteiger partial charge in [-0.1, -0.05) is 36.4 Å². The van der Waals surface area contributed by atoms with E-state index in [0.29, 0.717) is 24.9 Å². The SMILES string of the molecule is CCOC(=O)C1C(=O)NC(N2CCc3ccccc3C2)=NC1c1cccc(OCC)c1. The first kappa shape index (κ1) is 20.9. The van der Waals surface area contributed by atoms with Crippen molar-refractivity contribution in [2.24, 2.45) is 10.9 Å². The Bertz CT molecular complexity index is 1000. The second-order valence-corrected chi connectivity index (χ2v) is 7.56. The van der Waals surface area contributed by atoms with E-state index in [4.69, 9.17) is 14.5 Å². The van der Waals surface area contributed by atoms with E-state index in [-0.39, 0.29) is 6.61 Å². The first-order valence-electron chi connectivity index (χ1n) is 10.7. The maximum absolute atomic E-state index is 13.1. The molecule has 0 radical (unpaired) electrons. The van der Waals surface area contributed by atoms with Crippen LogP contribution in [0.2, 0.25) is 0 Å². The zero-order chi connectivity index (χ0) is 21.8. The number of aliphatic imine (C=N–C) groups is 1. The summed E-state index contributed by atoms with van der Waals surface area (Å²) in [6, 6.07) is 15.0. The summed E-state index contributed by atoms with van der Waals surface area (Å²) in [5.41, 5.74) is 3.27. The third-order valence-electron chi connectivity index (χ3n) is 5.58. The van der Waals surface area contributed by atoms with Crippen LogP contribution in [0.1, 0.15) is 36.6 Å². The summed E-state index contributed by atoms with van der Waals surface area (Å²) in [6.07, 6.45) is 0.872. The Labute approximate surface area is 182 Å². The number of guanidine groups is 1. The molecule has 0 bridgehead atoms. The molecule has 7 nitrogen and oxygen atoms in total. The molecule has 162 valence electrons. The number of rotatable bonds is 5. The summed E-state index contributed by atoms with van der Waals surface area (Å²) in [5, 5.41) is 2.85. The molecule has 0 fully saturated rings. The smallest absolute Gasteiger partial charge is 0.321 e. The molecule has 2 atom stereocenters. The molecule has 0 aliphatic carbocycles. The Morgan fingerprint density at radius 1 is 1.13 bits per heavy atom. The molecule has 2 heterocycles. The van der Waals surface area contributed by atoms with Gasteiger partial charge in [0.1, 0.15) is 11.8 Å². The van der Waals surface area contributed by atoms with E-state index < -0.39 is 23.8 Å². The third kappa shape index (κ3) is 4.40. The maximum atomic E-state index is 13.1. The van der Waals surface area contributed by atoms with Gasteiger partial charge in [-0.2, -0.15) is 0 Å². The Balaban J connectivity index is 1.69. The van der Waals surface area contributed by atoms with Crippen LogP contribution in [0.25, 0.3) is 0 Å². The van der Waals surface area contributed by atoms with E-state index in [1.54, 1.807) is 6.92 Å². The van der Waals surface area contributed by atoms with Crippen molar-refractivity contribution in [3.8, 4) is 5.75 Å². The lowest BCUT2D eigenvalue weighted by molar-refractivity contribution is -0.153. The number of hydrogen-bond donors (Lipinski definition) is 1. The van der Waals surface area contributed by atoms with Crippen molar-refractivity contribution in [1.29, 1.82) is 0 Å². The molecule has 2 aromatic carbocycles. The lowest BCUT2D eigenvalue weighted by Gasteiger charge is -2.36. The number of nitrogens with zero attached hydrogens (tertiary/aromatic N) is 2. The average molecular weight is 421 g/mol. The molecule has 7 heteroatoms. The highest BCUT2D eigenvalue weighted by Gasteiger charge is 2.42. The maximum Gasteiger partial charge on any atom is 0.321 e. The van der Waals surface area contributed by atoms with Gasteiger partial charge in [-0.05, 0) is 49.1 Å². The molecular weight excluding hydrogens is 394 g/mol. The second-order valence-electron chi connectivity index (χ2n) is 7.56. The normalized spacial score (nSPS) is 20.4. The predicted octanol–water partition coefficient (Wildman–Crippen LogP) is 2.85. The first-order valence-corrected chi connectivity index (χ1v) is 10.7. The van der Waals surface area contributed by atoms with Gasteiger partial charge in [0.15, 0.2) is 5.92 Å². The number of carbonyl (C=O) groups excluding carboxylic acids is 2. The minimum absolute atomic E-state index is 0.202. The molecule has 2 unspecified atom stereocenters. The monoisotopic (exact) mass is 421 g/mol. The lowest BCUT2D eigenvalue weighted by atomic mass is 9.91. The lowest BCUT2D eigenvalue weighted by Crippen LogP contribution is -2.53. The van der Waals surface area contributed by atoms with Crippen molar-refractivity contribution in [1.82, 2.24) is 10.2 Å². The van der Waals surface area contributed by atoms with E-state index in [0.717, 1.165) is 18.5 Å². The van der Waals surface area contributed by atoms with Gasteiger partial charge in [-0.25, -0.2) is 4.99 Å². The highest BCUT2D eigenvalue weighted by atomic mass is 16.5. The Morgan fingerprint density at radius 3 is 2.71 bits per heavy atom. The molecule has 0 saturated carbocycles. The fourth-order valence-electron chi connectivity index (χ4n) is 4.10. The van der Waals surface area contributed by atoms with Gasteiger partial charge in [0, 0.05) is 13.1 Å². The van der Waals surface area contributed by atoms with E-state index in [2.05, 4.69) is 22.3 Å². The predicted molar refractivity (Wildman–Crippen MR) is 117 cm³/mol. The molecule has 2 aromatic rings. The summed E-state index contributed by atoms with van der Waals surface area (Å²) in [7, 11) is 0. The van der Waals surface area contributed by atoms with Gasteiger partial charge < -0.3 is 14.4 Å².